The van der Waals surface area contributed by atoms with Crippen LogP contribution in [0, 0.1) is 40.5 Å². The van der Waals surface area contributed by atoms with E-state index in [0.29, 0.717) is 0 Å². The molecule has 0 amide bonds. The zero-order valence-electron chi connectivity index (χ0n) is 5.76. The van der Waals surface area contributed by atoms with E-state index in [2.05, 4.69) is 0 Å². The van der Waals surface area contributed by atoms with E-state index >= 15 is 0 Å². The van der Waals surface area contributed by atoms with Crippen LogP contribution in [-0.2, 0) is 19.5 Å². The van der Waals surface area contributed by atoms with Gasteiger partial charge < -0.3 is 40.5 Å². The van der Waals surface area contributed by atoms with Crippen LogP contribution in [0.25, 0.3) is 0 Å². The molecule has 0 aromatic carbocycles. The summed E-state index contributed by atoms with van der Waals surface area (Å²) in [6.07, 6.45) is 0. The Balaban J connectivity index is -0.0000000213. The Morgan fingerprint density at radius 3 is 0.538 bits per heavy atom. The third-order valence-electron chi connectivity index (χ3n) is 0. The monoisotopic (exact) mass is 248 g/mol. The molecule has 0 atom stereocenters. The van der Waals surface area contributed by atoms with Gasteiger partial charge in [-0.2, -0.15) is 0 Å². The fourth-order valence-electron chi connectivity index (χ4n) is 0. The molecule has 0 rings (SSSR count). The molecule has 0 fully saturated rings. The van der Waals surface area contributed by atoms with Gasteiger partial charge in [-0.15, -0.1) is 21.4 Å². The third kappa shape index (κ3) is 219. The SMILES string of the molecule is O=N[O-].O=N[O-].O=N[O-].O=N[O-].[Zn+4]. The predicted octanol–water partition coefficient (Wildman–Crippen LogP) is 1.000. The Hall–Kier alpha value is -1.78. The molecule has 0 aliphatic heterocycles. The van der Waals surface area contributed by atoms with Gasteiger partial charge in [-0.1, -0.05) is 0 Å². The summed E-state index contributed by atoms with van der Waals surface area (Å²) in [7, 11) is 0. The van der Waals surface area contributed by atoms with Gasteiger partial charge in [-0.05, 0) is 0 Å². The second-order valence-corrected chi connectivity index (χ2v) is 0.298. The summed E-state index contributed by atoms with van der Waals surface area (Å²) in [5.41, 5.74) is 0. The van der Waals surface area contributed by atoms with Crippen molar-refractivity contribution >= 4 is 0 Å². The van der Waals surface area contributed by atoms with Crippen LogP contribution in [0.3, 0.4) is 0 Å². The van der Waals surface area contributed by atoms with Crippen molar-refractivity contribution in [2.75, 3.05) is 0 Å². The van der Waals surface area contributed by atoms with E-state index in [1.807, 2.05) is 0 Å². The van der Waals surface area contributed by atoms with Gasteiger partial charge in [-0.25, -0.2) is 0 Å². The summed E-state index contributed by atoms with van der Waals surface area (Å²) >= 11 is 0. The average Bonchev–Trinajstić information content (AvgIpc) is 1.92. The summed E-state index contributed by atoms with van der Waals surface area (Å²) in [4.78, 5) is 32.0. The standard InChI is InChI=1S/4HNO2.Zn/c4*2-1-3;/h4*(H,2,3);/q;;;;+4/p-4. The fourth-order valence-corrected chi connectivity index (χ4v) is 0. The summed E-state index contributed by atoms with van der Waals surface area (Å²) in [6, 6.07) is 0. The summed E-state index contributed by atoms with van der Waals surface area (Å²) < 4.78 is 0. The molecule has 0 radical (unpaired) electrons. The van der Waals surface area contributed by atoms with Crippen LogP contribution < -0.4 is 0 Å². The minimum atomic E-state index is 0. The molecular formula is N4O8Zn. The summed E-state index contributed by atoms with van der Waals surface area (Å²) in [5, 5.41) is 36.0. The van der Waals surface area contributed by atoms with Crippen LogP contribution in [0.5, 0.6) is 0 Å². The minimum Gasteiger partial charge on any atom is -0.444 e. The normalized spacial score (nSPS) is 3.69. The van der Waals surface area contributed by atoms with Crippen molar-refractivity contribution in [3.63, 3.8) is 0 Å². The molecule has 0 bridgehead atoms. The summed E-state index contributed by atoms with van der Waals surface area (Å²) in [6.45, 7) is 0. The van der Waals surface area contributed by atoms with Crippen LogP contribution in [0.4, 0.5) is 0 Å². The smallest absolute Gasteiger partial charge is 0.444 e. The van der Waals surface area contributed by atoms with Gasteiger partial charge in [0.25, 0.3) is 0 Å². The Morgan fingerprint density at radius 2 is 0.538 bits per heavy atom. The molecule has 13 heavy (non-hydrogen) atoms. The maximum atomic E-state index is 8.00. The van der Waals surface area contributed by atoms with Crippen molar-refractivity contribution in [3.05, 3.63) is 40.5 Å². The predicted molar refractivity (Wildman–Crippen MR) is 36.6 cm³/mol. The number of hydrogen-bond donors (Lipinski definition) is 0. The first kappa shape index (κ1) is 30.3. The van der Waals surface area contributed by atoms with Gasteiger partial charge in [0.15, 0.2) is 0 Å². The molecule has 0 saturated heterocycles. The third-order valence-corrected chi connectivity index (χ3v) is 0. The van der Waals surface area contributed by atoms with Crippen molar-refractivity contribution in [2.45, 2.75) is 0 Å². The van der Waals surface area contributed by atoms with Crippen molar-refractivity contribution in [3.8, 4) is 0 Å². The van der Waals surface area contributed by atoms with Crippen LogP contribution in [-0.4, -0.2) is 0 Å². The van der Waals surface area contributed by atoms with E-state index in [1.165, 1.54) is 0 Å². The molecule has 0 unspecified atom stereocenters. The van der Waals surface area contributed by atoms with E-state index < -0.39 is 0 Å². The van der Waals surface area contributed by atoms with Crippen molar-refractivity contribution in [1.82, 2.24) is 0 Å². The quantitative estimate of drug-likeness (QED) is 0.342. The second-order valence-electron chi connectivity index (χ2n) is 0.298. The first-order chi connectivity index (χ1) is 5.66. The molecule has 13 heteroatoms. The fraction of sp³-hybridized carbons (Fsp3) is 0. The maximum absolute atomic E-state index is 8.00. The topological polar surface area (TPSA) is 210 Å². The molecular weight excluding hydrogens is 249 g/mol. The molecule has 12 nitrogen and oxygen atoms in total. The average molecular weight is 249 g/mol. The molecule has 0 N–H and O–H groups in total. The Bertz CT molecular complexity index is 70.1. The molecule has 0 spiro atoms. The minimum absolute atomic E-state index is 0. The second kappa shape index (κ2) is 176. The van der Waals surface area contributed by atoms with Crippen molar-refractivity contribution in [1.29, 1.82) is 0 Å². The van der Waals surface area contributed by atoms with Gasteiger partial charge in [0, 0.05) is 0 Å². The van der Waals surface area contributed by atoms with E-state index in [4.69, 9.17) is 40.5 Å². The van der Waals surface area contributed by atoms with Crippen molar-refractivity contribution in [2.24, 2.45) is 21.4 Å². The Kier molecular flexibility index (Phi) is 410. The maximum Gasteiger partial charge on any atom is 4.00 e. The van der Waals surface area contributed by atoms with Crippen LogP contribution >= 0.6 is 0 Å². The molecule has 0 aliphatic carbocycles. The van der Waals surface area contributed by atoms with Crippen LogP contribution in [0.1, 0.15) is 0 Å². The van der Waals surface area contributed by atoms with Gasteiger partial charge in [-0.3, -0.25) is 0 Å². The Morgan fingerprint density at radius 1 is 0.538 bits per heavy atom. The summed E-state index contributed by atoms with van der Waals surface area (Å²) in [5.74, 6) is 0. The molecule has 0 aromatic rings. The first-order valence-electron chi connectivity index (χ1n) is 1.46. The number of hydrogen-bond acceptors (Lipinski definition) is 12. The zero-order chi connectivity index (χ0) is 10.8. The Labute approximate surface area is 82.0 Å². The van der Waals surface area contributed by atoms with Gasteiger partial charge in [0.2, 0.25) is 0 Å². The molecule has 0 aromatic heterocycles. The van der Waals surface area contributed by atoms with E-state index in [-0.39, 0.29) is 19.5 Å². The van der Waals surface area contributed by atoms with E-state index in [0.717, 1.165) is 21.4 Å². The molecule has 0 aliphatic rings. The van der Waals surface area contributed by atoms with Crippen LogP contribution in [0.15, 0.2) is 21.4 Å². The van der Waals surface area contributed by atoms with E-state index in [9.17, 15) is 0 Å². The van der Waals surface area contributed by atoms with Gasteiger partial charge in [0.1, 0.15) is 0 Å². The van der Waals surface area contributed by atoms with E-state index in [1.54, 1.807) is 0 Å². The number of nitrogens with zero attached hydrogens (tertiary/aromatic N) is 4. The first-order valence-corrected chi connectivity index (χ1v) is 1.46. The molecule has 0 heterocycles. The largest absolute Gasteiger partial charge is 4.00 e. The van der Waals surface area contributed by atoms with Gasteiger partial charge in [0.05, 0.1) is 0 Å². The number of rotatable bonds is 0. The van der Waals surface area contributed by atoms with Gasteiger partial charge >= 0.3 is 19.5 Å². The van der Waals surface area contributed by atoms with Crippen molar-refractivity contribution < 1.29 is 19.5 Å². The molecule has 70 valence electrons. The zero-order valence-corrected chi connectivity index (χ0v) is 8.73. The molecule has 0 saturated carbocycles. The van der Waals surface area contributed by atoms with Crippen LogP contribution in [0.2, 0.25) is 0 Å².